The van der Waals surface area contributed by atoms with Crippen LogP contribution in [-0.2, 0) is 42.4 Å². The Morgan fingerprint density at radius 1 is 0.821 bits per heavy atom. The average molecular weight is 1110 g/mol. The second-order valence-electron chi connectivity index (χ2n) is 25.0. The van der Waals surface area contributed by atoms with Crippen LogP contribution in [0.3, 0.4) is 0 Å². The van der Waals surface area contributed by atoms with Gasteiger partial charge in [-0.1, -0.05) is 81.4 Å². The number of nitrogens with one attached hydrogen (secondary N) is 1. The fourth-order valence-electron chi connectivity index (χ4n) is 9.12. The summed E-state index contributed by atoms with van der Waals surface area (Å²) in [7, 11) is -1.58. The lowest BCUT2D eigenvalue weighted by molar-refractivity contribution is -0.494. The Labute approximate surface area is 460 Å². The number of hydroxylamine groups is 1. The van der Waals surface area contributed by atoms with E-state index in [1.54, 1.807) is 144 Å². The van der Waals surface area contributed by atoms with Crippen LogP contribution in [0.25, 0.3) is 0 Å². The summed E-state index contributed by atoms with van der Waals surface area (Å²) in [4.78, 5) is 87.4. The first-order valence-corrected chi connectivity index (χ1v) is 29.0. The van der Waals surface area contributed by atoms with Gasteiger partial charge < -0.3 is 52.8 Å². The van der Waals surface area contributed by atoms with Gasteiger partial charge in [0.25, 0.3) is 0 Å². The van der Waals surface area contributed by atoms with Crippen LogP contribution >= 0.6 is 0 Å². The van der Waals surface area contributed by atoms with Gasteiger partial charge in [-0.15, -0.1) is 4.99 Å². The highest BCUT2D eigenvalue weighted by Crippen LogP contribution is 2.54. The average Bonchev–Trinajstić information content (AvgIpc) is 3.74. The third kappa shape index (κ3) is 14.2. The van der Waals surface area contributed by atoms with Crippen molar-refractivity contribution in [3.63, 3.8) is 0 Å². The number of esters is 1. The Balaban J connectivity index is 2.05. The number of ether oxygens (including phenoxy) is 7. The number of nitrogens with zero attached hydrogens (tertiary/aromatic N) is 6. The van der Waals surface area contributed by atoms with Gasteiger partial charge in [0, 0.05) is 18.2 Å². The Morgan fingerprint density at radius 3 is 1.81 bits per heavy atom. The zero-order valence-corrected chi connectivity index (χ0v) is 49.9. The number of rotatable bonds is 13. The molecule has 0 radical (unpaired) electrons. The van der Waals surface area contributed by atoms with Gasteiger partial charge in [0.2, 0.25) is 18.0 Å². The van der Waals surface area contributed by atoms with E-state index in [0.717, 1.165) is 16.0 Å². The highest BCUT2D eigenvalue weighted by atomic mass is 28.4. The molecule has 22 nitrogen and oxygen atoms in total. The summed E-state index contributed by atoms with van der Waals surface area (Å²) in [5.74, 6) is -4.31. The number of benzene rings is 2. The Kier molecular flexibility index (Phi) is 18.7. The van der Waals surface area contributed by atoms with Crippen molar-refractivity contribution in [1.29, 1.82) is 0 Å². The number of alkyl carbamates (subject to hydrolysis) is 1. The molecule has 0 bridgehead atoms. The van der Waals surface area contributed by atoms with Crippen LogP contribution in [0.5, 0.6) is 0 Å². The first kappa shape index (κ1) is 62.7. The molecule has 78 heavy (non-hydrogen) atoms. The molecule has 3 heterocycles. The molecule has 432 valence electrons. The maximum absolute atomic E-state index is 15.6. The second kappa shape index (κ2) is 23.3. The summed E-state index contributed by atoms with van der Waals surface area (Å²) >= 11 is 0. The van der Waals surface area contributed by atoms with Gasteiger partial charge in [0.05, 0.1) is 25.8 Å². The SMILES string of the molecule is CCOC(=O)C(/C=[N+](/[O-])C(c1ccccc1)c1ccccc1)[C@@]1(O)CN2/C(=N/C(=O)OC(C)(C)C)N(C(=O)OC(C)(C)C)[C@@H](CO[Si](C)(C)C(C)(C)C)[C@@H]3N=C(NC(=O)OC(C)(C)C)N(C(=O)OC(C)(C)C)[C@@]32[C@@H]1OCOC. The van der Waals surface area contributed by atoms with Gasteiger partial charge in [0.15, 0.2) is 26.1 Å². The van der Waals surface area contributed by atoms with Gasteiger partial charge in [-0.2, -0.15) is 0 Å². The van der Waals surface area contributed by atoms with E-state index >= 15 is 19.6 Å². The van der Waals surface area contributed by atoms with Crippen molar-refractivity contribution in [1.82, 2.24) is 20.0 Å². The van der Waals surface area contributed by atoms with Crippen molar-refractivity contribution in [2.24, 2.45) is 15.9 Å². The minimum Gasteiger partial charge on any atom is -0.623 e. The van der Waals surface area contributed by atoms with Crippen LogP contribution < -0.4 is 5.32 Å². The first-order valence-electron chi connectivity index (χ1n) is 26.1. The number of carbonyl (C=O) groups excluding carboxylic acids is 5. The Bertz CT molecular complexity index is 2540. The molecule has 3 aliphatic rings. The number of methoxy groups -OCH3 is 1. The minimum absolute atomic E-state index is 0.234. The van der Waals surface area contributed by atoms with Crippen molar-refractivity contribution in [3.8, 4) is 0 Å². The number of hydrogen-bond donors (Lipinski definition) is 2. The van der Waals surface area contributed by atoms with E-state index < -0.39 is 139 Å². The molecular weight excluding hydrogens is 1030 g/mol. The summed E-state index contributed by atoms with van der Waals surface area (Å²) in [5, 5.41) is 31.7. The fraction of sp³-hybridized carbons (Fsp3) is 0.636. The lowest BCUT2D eigenvalue weighted by Crippen LogP contribution is -2.80. The molecule has 1 unspecified atom stereocenters. The molecule has 6 atom stereocenters. The molecule has 3 aliphatic heterocycles. The van der Waals surface area contributed by atoms with Crippen LogP contribution in [0.4, 0.5) is 19.2 Å². The van der Waals surface area contributed by atoms with E-state index in [0.29, 0.717) is 15.9 Å². The minimum atomic E-state index is -2.87. The zero-order valence-electron chi connectivity index (χ0n) is 48.9. The monoisotopic (exact) mass is 1110 g/mol. The molecule has 0 saturated carbocycles. The van der Waals surface area contributed by atoms with Crippen LogP contribution in [0, 0.1) is 11.1 Å². The molecule has 2 fully saturated rings. The lowest BCUT2D eigenvalue weighted by atomic mass is 9.77. The molecular formula is C55H83N7O15Si. The summed E-state index contributed by atoms with van der Waals surface area (Å²) in [6.45, 7) is 28.6. The number of hydrogen-bond acceptors (Lipinski definition) is 16. The molecule has 1 spiro atoms. The number of carbonyl (C=O) groups is 5. The van der Waals surface area contributed by atoms with E-state index in [9.17, 15) is 14.7 Å². The largest absolute Gasteiger partial charge is 0.623 e. The first-order chi connectivity index (χ1) is 35.8. The molecule has 23 heteroatoms. The van der Waals surface area contributed by atoms with Crippen LogP contribution in [-0.4, -0.2) is 167 Å². The summed E-state index contributed by atoms with van der Waals surface area (Å²) < 4.78 is 49.3. The standard InChI is InChI=1S/C55H83N7O15Si/c1-20-71-41(63)37(31-60(69)39(35-27-23-21-24-28-35)36-29-25-22-26-30-36)54(68)33-59-44(58-46(65)75-50(5,6)7)61(47(66)76-51(8,9)10)38(32-73-78(18,19)53(14,15)16)40-55(59,42(54)72-34-70-17)62(48(67)77-52(11,12)13)43(56-40)57-45(64)74-49(2,3)4/h21-31,37-40,42,68H,20,32-34H2,1-19H3,(H,56,57,64)/b58-44-,60-31+/t37?,38-,40-,42+,54-,55+/m0/s1. The normalized spacial score (nSPS) is 23.1. The van der Waals surface area contributed by atoms with Crippen LogP contribution in [0.15, 0.2) is 70.6 Å². The molecule has 4 amide bonds. The number of aliphatic imine (C=N–C) groups is 2. The van der Waals surface area contributed by atoms with Crippen molar-refractivity contribution in [2.75, 3.05) is 33.7 Å². The van der Waals surface area contributed by atoms with Gasteiger partial charge in [-0.25, -0.2) is 38.7 Å². The topological polar surface area (TPSA) is 252 Å². The highest BCUT2D eigenvalue weighted by Gasteiger charge is 2.80. The van der Waals surface area contributed by atoms with Gasteiger partial charge in [-0.3, -0.25) is 10.1 Å². The summed E-state index contributed by atoms with van der Waals surface area (Å²) in [6.07, 6.45) is -5.70. The maximum atomic E-state index is 15.6. The Hall–Kier alpha value is -6.14. The van der Waals surface area contributed by atoms with E-state index in [1.807, 2.05) is 33.9 Å². The maximum Gasteiger partial charge on any atom is 0.437 e. The van der Waals surface area contributed by atoms with Crippen molar-refractivity contribution >= 4 is 56.8 Å². The van der Waals surface area contributed by atoms with Crippen LogP contribution in [0.1, 0.15) is 128 Å². The molecule has 2 saturated heterocycles. The summed E-state index contributed by atoms with van der Waals surface area (Å²) in [5.41, 5.74) is -9.05. The van der Waals surface area contributed by atoms with Gasteiger partial charge in [-0.05, 0) is 108 Å². The number of guanidine groups is 2. The predicted molar refractivity (Wildman–Crippen MR) is 293 cm³/mol. The molecule has 5 rings (SSSR count). The zero-order chi connectivity index (χ0) is 58.8. The molecule has 2 aromatic carbocycles. The van der Waals surface area contributed by atoms with Crippen molar-refractivity contribution in [2.45, 2.75) is 187 Å². The molecule has 0 aromatic heterocycles. The highest BCUT2D eigenvalue weighted by molar-refractivity contribution is 6.74. The van der Waals surface area contributed by atoms with Crippen molar-refractivity contribution < 1.29 is 71.4 Å². The lowest BCUT2D eigenvalue weighted by Gasteiger charge is -2.56. The smallest absolute Gasteiger partial charge is 0.437 e. The van der Waals surface area contributed by atoms with Gasteiger partial charge in [0.1, 0.15) is 46.9 Å². The third-order valence-corrected chi connectivity index (χ3v) is 17.6. The number of amides is 4. The third-order valence-electron chi connectivity index (χ3n) is 13.1. The quantitative estimate of drug-likeness (QED) is 0.0278. The fourth-order valence-corrected chi connectivity index (χ4v) is 10.1. The van der Waals surface area contributed by atoms with Crippen LogP contribution in [0.2, 0.25) is 18.1 Å². The molecule has 2 N–H and O–H groups in total. The second-order valence-corrected chi connectivity index (χ2v) is 29.8. The molecule has 2 aromatic rings. The van der Waals surface area contributed by atoms with E-state index in [1.165, 1.54) is 18.9 Å². The van der Waals surface area contributed by atoms with Crippen molar-refractivity contribution in [3.05, 3.63) is 77.0 Å². The Morgan fingerprint density at radius 2 is 1.33 bits per heavy atom. The van der Waals surface area contributed by atoms with E-state index in [4.69, 9.17) is 42.6 Å². The molecule has 0 aliphatic carbocycles. The predicted octanol–water partition coefficient (Wildman–Crippen LogP) is 8.70. The van der Waals surface area contributed by atoms with Gasteiger partial charge >= 0.3 is 30.3 Å². The van der Waals surface area contributed by atoms with E-state index in [-0.39, 0.29) is 6.61 Å². The van der Waals surface area contributed by atoms with E-state index in [2.05, 4.69) is 10.3 Å². The summed E-state index contributed by atoms with van der Waals surface area (Å²) in [6, 6.07) is 13.2. The number of aliphatic hydroxyl groups is 1.